The number of anilines is 1. The van der Waals surface area contributed by atoms with E-state index in [1.165, 1.54) is 19.1 Å². The first-order chi connectivity index (χ1) is 14.7. The molecular formula is C18H15N5O6S2. The van der Waals surface area contributed by atoms with Crippen LogP contribution in [0.3, 0.4) is 0 Å². The minimum atomic E-state index is -4.30. The van der Waals surface area contributed by atoms with Crippen LogP contribution in [0.5, 0.6) is 0 Å². The number of nitrogens with zero attached hydrogens (tertiary/aromatic N) is 4. The predicted molar refractivity (Wildman–Crippen MR) is 114 cm³/mol. The number of hydrogen-bond acceptors (Lipinski definition) is 8. The molecule has 0 unspecified atom stereocenters. The van der Waals surface area contributed by atoms with E-state index in [2.05, 4.69) is 9.71 Å². The van der Waals surface area contributed by atoms with Crippen molar-refractivity contribution in [3.63, 3.8) is 0 Å². The van der Waals surface area contributed by atoms with Crippen molar-refractivity contribution in [1.29, 1.82) is 0 Å². The minimum absolute atomic E-state index is 0.204. The number of benzene rings is 2. The van der Waals surface area contributed by atoms with E-state index >= 15 is 0 Å². The molecule has 2 heterocycles. The molecule has 0 aliphatic carbocycles. The molecule has 4 rings (SSSR count). The van der Waals surface area contributed by atoms with Crippen LogP contribution in [0.25, 0.3) is 11.3 Å². The van der Waals surface area contributed by atoms with Gasteiger partial charge in [-0.2, -0.15) is 0 Å². The van der Waals surface area contributed by atoms with Crippen LogP contribution in [0, 0.1) is 27.2 Å². The zero-order valence-electron chi connectivity index (χ0n) is 16.0. The lowest BCUT2D eigenvalue weighted by Crippen LogP contribution is -2.14. The maximum absolute atomic E-state index is 12.7. The predicted octanol–water partition coefficient (Wildman–Crippen LogP) is 3.58. The van der Waals surface area contributed by atoms with Crippen LogP contribution in [0.2, 0.25) is 0 Å². The molecule has 1 aliphatic heterocycles. The van der Waals surface area contributed by atoms with E-state index < -0.39 is 36.1 Å². The Hall–Kier alpha value is -3.45. The quantitative estimate of drug-likeness (QED) is 0.432. The normalized spacial score (nSPS) is 13.1. The van der Waals surface area contributed by atoms with Crippen molar-refractivity contribution in [2.24, 2.45) is 0 Å². The molecule has 0 amide bonds. The number of nitro groups is 2. The lowest BCUT2D eigenvalue weighted by Gasteiger charge is -2.09. The molecule has 11 nitrogen and oxygen atoms in total. The third kappa shape index (κ3) is 3.96. The molecule has 0 saturated carbocycles. The summed E-state index contributed by atoms with van der Waals surface area (Å²) in [5.41, 5.74) is 0.263. The fraction of sp³-hybridized carbons (Fsp3) is 0.167. The molecule has 1 N–H and O–H groups in total. The summed E-state index contributed by atoms with van der Waals surface area (Å²) in [5.74, 6) is 0.985. The third-order valence-electron chi connectivity index (χ3n) is 4.77. The first-order valence-electron chi connectivity index (χ1n) is 8.92. The second kappa shape index (κ2) is 7.67. The maximum atomic E-state index is 12.7. The van der Waals surface area contributed by atoms with Crippen LogP contribution < -0.4 is 4.72 Å². The standard InChI is InChI=1S/C18H15N5O6S2/c1-11-16(22(24)25)8-14(9-17(11)23(26)27)31(28,29)20-13-4-2-12(3-5-13)15-10-21-6-7-30-18(21)19-15/h2-5,8-10,20H,6-7H2,1H3. The van der Waals surface area contributed by atoms with Crippen molar-refractivity contribution in [1.82, 2.24) is 9.55 Å². The van der Waals surface area contributed by atoms with E-state index in [0.717, 1.165) is 40.8 Å². The van der Waals surface area contributed by atoms with E-state index in [0.29, 0.717) is 0 Å². The van der Waals surface area contributed by atoms with Gasteiger partial charge in [-0.05, 0) is 19.1 Å². The highest BCUT2D eigenvalue weighted by Gasteiger charge is 2.28. The van der Waals surface area contributed by atoms with Gasteiger partial charge in [0.1, 0.15) is 10.5 Å². The van der Waals surface area contributed by atoms with Gasteiger partial charge in [-0.1, -0.05) is 23.9 Å². The Morgan fingerprint density at radius 2 is 1.71 bits per heavy atom. The highest BCUT2D eigenvalue weighted by molar-refractivity contribution is 7.99. The molecule has 0 bridgehead atoms. The summed E-state index contributed by atoms with van der Waals surface area (Å²) in [4.78, 5) is 24.7. The number of aromatic nitrogens is 2. The smallest absolute Gasteiger partial charge is 0.280 e. The van der Waals surface area contributed by atoms with Crippen molar-refractivity contribution in [3.8, 4) is 11.3 Å². The number of nitro benzene ring substituents is 2. The van der Waals surface area contributed by atoms with Gasteiger partial charge in [0.25, 0.3) is 21.4 Å². The lowest BCUT2D eigenvalue weighted by atomic mass is 10.1. The molecule has 31 heavy (non-hydrogen) atoms. The fourth-order valence-electron chi connectivity index (χ4n) is 3.17. The topological polar surface area (TPSA) is 150 Å². The van der Waals surface area contributed by atoms with E-state index in [1.807, 2.05) is 10.8 Å². The molecule has 0 atom stereocenters. The maximum Gasteiger partial charge on any atom is 0.280 e. The number of imidazole rings is 1. The van der Waals surface area contributed by atoms with E-state index in [1.54, 1.807) is 23.9 Å². The number of sulfonamides is 1. The SMILES string of the molecule is Cc1c([N+](=O)[O-])cc(S(=O)(=O)Nc2ccc(-c3cn4c(n3)SCC4)cc2)cc1[N+](=O)[O-]. The summed E-state index contributed by atoms with van der Waals surface area (Å²) in [5, 5.41) is 23.4. The summed E-state index contributed by atoms with van der Waals surface area (Å²) in [7, 11) is -4.30. The number of thioether (sulfide) groups is 1. The second-order valence-corrected chi connectivity index (χ2v) is 9.48. The number of hydrogen-bond donors (Lipinski definition) is 1. The summed E-state index contributed by atoms with van der Waals surface area (Å²) in [6.07, 6.45) is 1.93. The third-order valence-corrected chi connectivity index (χ3v) is 7.10. The van der Waals surface area contributed by atoms with E-state index in [9.17, 15) is 28.6 Å². The average Bonchev–Trinajstić information content (AvgIpc) is 3.30. The van der Waals surface area contributed by atoms with Gasteiger partial charge in [0.05, 0.1) is 15.5 Å². The molecule has 13 heteroatoms. The van der Waals surface area contributed by atoms with Gasteiger partial charge >= 0.3 is 0 Å². The number of aryl methyl sites for hydroxylation is 1. The van der Waals surface area contributed by atoms with Crippen LogP contribution in [-0.2, 0) is 16.6 Å². The highest BCUT2D eigenvalue weighted by atomic mass is 32.2. The van der Waals surface area contributed by atoms with Crippen LogP contribution in [0.1, 0.15) is 5.56 Å². The highest BCUT2D eigenvalue weighted by Crippen LogP contribution is 2.33. The lowest BCUT2D eigenvalue weighted by molar-refractivity contribution is -0.395. The molecule has 1 aromatic heterocycles. The van der Waals surface area contributed by atoms with Crippen molar-refractivity contribution in [3.05, 3.63) is 68.4 Å². The molecule has 160 valence electrons. The Morgan fingerprint density at radius 3 is 2.26 bits per heavy atom. The Kier molecular flexibility index (Phi) is 5.15. The first-order valence-corrected chi connectivity index (χ1v) is 11.4. The van der Waals surface area contributed by atoms with Gasteiger partial charge in [-0.25, -0.2) is 13.4 Å². The first kappa shape index (κ1) is 20.8. The van der Waals surface area contributed by atoms with Gasteiger partial charge < -0.3 is 4.57 Å². The molecule has 3 aromatic rings. The molecule has 2 aromatic carbocycles. The van der Waals surface area contributed by atoms with Crippen LogP contribution in [0.4, 0.5) is 17.1 Å². The monoisotopic (exact) mass is 461 g/mol. The number of rotatable bonds is 6. The summed E-state index contributed by atoms with van der Waals surface area (Å²) >= 11 is 1.66. The number of nitrogens with one attached hydrogen (secondary N) is 1. The Balaban J connectivity index is 1.63. The Bertz CT molecular complexity index is 1260. The zero-order valence-corrected chi connectivity index (χ0v) is 17.6. The number of fused-ring (bicyclic) bond motifs is 1. The fourth-order valence-corrected chi connectivity index (χ4v) is 5.21. The van der Waals surface area contributed by atoms with Gasteiger partial charge in [0, 0.05) is 41.9 Å². The van der Waals surface area contributed by atoms with Crippen LogP contribution in [-0.4, -0.2) is 33.6 Å². The largest absolute Gasteiger partial charge is 0.325 e. The van der Waals surface area contributed by atoms with Gasteiger partial charge in [0.2, 0.25) is 0 Å². The van der Waals surface area contributed by atoms with Crippen molar-refractivity contribution < 1.29 is 18.3 Å². The molecule has 0 spiro atoms. The van der Waals surface area contributed by atoms with Crippen LogP contribution in [0.15, 0.2) is 52.6 Å². The van der Waals surface area contributed by atoms with Crippen molar-refractivity contribution in [2.45, 2.75) is 23.5 Å². The van der Waals surface area contributed by atoms with Gasteiger partial charge in [0.15, 0.2) is 5.16 Å². The van der Waals surface area contributed by atoms with Crippen LogP contribution >= 0.6 is 11.8 Å². The zero-order chi connectivity index (χ0) is 22.3. The summed E-state index contributed by atoms with van der Waals surface area (Å²) in [6.45, 7) is 2.09. The molecule has 0 saturated heterocycles. The molecule has 0 fully saturated rings. The van der Waals surface area contributed by atoms with E-state index in [-0.39, 0.29) is 11.3 Å². The van der Waals surface area contributed by atoms with Gasteiger partial charge in [-0.15, -0.1) is 0 Å². The Labute approximate surface area is 180 Å². The average molecular weight is 461 g/mol. The summed E-state index contributed by atoms with van der Waals surface area (Å²) < 4.78 is 29.8. The van der Waals surface area contributed by atoms with E-state index in [4.69, 9.17) is 0 Å². The molecule has 0 radical (unpaired) electrons. The van der Waals surface area contributed by atoms with Crippen molar-refractivity contribution >= 4 is 38.8 Å². The summed E-state index contributed by atoms with van der Waals surface area (Å²) in [6, 6.07) is 8.07. The van der Waals surface area contributed by atoms with Gasteiger partial charge in [-0.3, -0.25) is 25.0 Å². The molecule has 1 aliphatic rings. The molecular weight excluding hydrogens is 446 g/mol. The second-order valence-electron chi connectivity index (χ2n) is 6.73. The Morgan fingerprint density at radius 1 is 1.10 bits per heavy atom. The minimum Gasteiger partial charge on any atom is -0.325 e. The van der Waals surface area contributed by atoms with Crippen molar-refractivity contribution in [2.75, 3.05) is 10.5 Å².